The summed E-state index contributed by atoms with van der Waals surface area (Å²) in [6, 6.07) is 6.62. The maximum atomic E-state index is 12.9. The molecule has 0 saturated carbocycles. The SMILES string of the molecule is CC(C)(C1=CNCN=C1)c1ccc(F)cc1. The summed E-state index contributed by atoms with van der Waals surface area (Å²) in [5.41, 5.74) is 2.02. The molecule has 0 spiro atoms. The van der Waals surface area contributed by atoms with Gasteiger partial charge in [0.2, 0.25) is 0 Å². The highest BCUT2D eigenvalue weighted by molar-refractivity contribution is 5.82. The molecule has 2 nitrogen and oxygen atoms in total. The summed E-state index contributed by atoms with van der Waals surface area (Å²) < 4.78 is 12.9. The predicted octanol–water partition coefficient (Wildman–Crippen LogP) is 2.62. The molecule has 3 heteroatoms. The highest BCUT2D eigenvalue weighted by atomic mass is 19.1. The first kappa shape index (κ1) is 10.9. The molecule has 0 bridgehead atoms. The van der Waals surface area contributed by atoms with E-state index in [-0.39, 0.29) is 11.2 Å². The van der Waals surface area contributed by atoms with E-state index in [0.717, 1.165) is 11.1 Å². The van der Waals surface area contributed by atoms with Crippen molar-refractivity contribution in [1.82, 2.24) is 5.32 Å². The van der Waals surface area contributed by atoms with Crippen LogP contribution in [0.25, 0.3) is 0 Å². The predicted molar refractivity (Wildman–Crippen MR) is 64.0 cm³/mol. The van der Waals surface area contributed by atoms with Crippen LogP contribution >= 0.6 is 0 Å². The molecule has 1 heterocycles. The Bertz CT molecular complexity index is 430. The van der Waals surface area contributed by atoms with Gasteiger partial charge in [-0.05, 0) is 23.3 Å². The lowest BCUT2D eigenvalue weighted by atomic mass is 9.78. The van der Waals surface area contributed by atoms with Gasteiger partial charge in [0, 0.05) is 17.8 Å². The summed E-state index contributed by atoms with van der Waals surface area (Å²) >= 11 is 0. The van der Waals surface area contributed by atoms with Crippen molar-refractivity contribution < 1.29 is 4.39 Å². The van der Waals surface area contributed by atoms with Crippen LogP contribution in [0.15, 0.2) is 41.0 Å². The van der Waals surface area contributed by atoms with E-state index in [4.69, 9.17) is 0 Å². The number of benzene rings is 1. The maximum Gasteiger partial charge on any atom is 0.123 e. The molecule has 84 valence electrons. The smallest absolute Gasteiger partial charge is 0.123 e. The van der Waals surface area contributed by atoms with E-state index in [1.54, 1.807) is 0 Å². The zero-order valence-corrected chi connectivity index (χ0v) is 9.50. The van der Waals surface area contributed by atoms with Gasteiger partial charge in [-0.1, -0.05) is 26.0 Å². The van der Waals surface area contributed by atoms with Gasteiger partial charge in [-0.15, -0.1) is 0 Å². The van der Waals surface area contributed by atoms with Gasteiger partial charge in [0.25, 0.3) is 0 Å². The molecule has 1 N–H and O–H groups in total. The van der Waals surface area contributed by atoms with E-state index in [1.807, 2.05) is 24.5 Å². The first-order valence-corrected chi connectivity index (χ1v) is 5.30. The van der Waals surface area contributed by atoms with E-state index in [1.165, 1.54) is 12.1 Å². The van der Waals surface area contributed by atoms with Gasteiger partial charge in [0.05, 0.1) is 0 Å². The zero-order chi connectivity index (χ0) is 11.6. The van der Waals surface area contributed by atoms with Crippen molar-refractivity contribution in [3.8, 4) is 0 Å². The molecule has 1 aliphatic rings. The highest BCUT2D eigenvalue weighted by Crippen LogP contribution is 2.30. The molecule has 2 rings (SSSR count). The topological polar surface area (TPSA) is 24.4 Å². The lowest BCUT2D eigenvalue weighted by Crippen LogP contribution is -2.26. The normalized spacial score (nSPS) is 15.6. The Labute approximate surface area is 94.9 Å². The third-order valence-corrected chi connectivity index (χ3v) is 2.96. The van der Waals surface area contributed by atoms with Crippen LogP contribution in [0.5, 0.6) is 0 Å². The standard InChI is InChI=1S/C13H15FN2/c1-13(2,11-7-15-9-16-8-11)10-3-5-12(14)6-4-10/h3-8,15H,9H2,1-2H3. The fourth-order valence-electron chi connectivity index (χ4n) is 1.76. The van der Waals surface area contributed by atoms with Gasteiger partial charge in [-0.2, -0.15) is 0 Å². The van der Waals surface area contributed by atoms with Crippen molar-refractivity contribution in [3.05, 3.63) is 47.4 Å². The lowest BCUT2D eigenvalue weighted by molar-refractivity contribution is 0.613. The van der Waals surface area contributed by atoms with Gasteiger partial charge in [-0.3, -0.25) is 4.99 Å². The van der Waals surface area contributed by atoms with Gasteiger partial charge in [-0.25, -0.2) is 4.39 Å². The number of allylic oxidation sites excluding steroid dienone is 1. The van der Waals surface area contributed by atoms with Crippen LogP contribution in [0.1, 0.15) is 19.4 Å². The van der Waals surface area contributed by atoms with Gasteiger partial charge in [0.1, 0.15) is 12.5 Å². The van der Waals surface area contributed by atoms with E-state index in [9.17, 15) is 4.39 Å². The molecule has 0 aromatic heterocycles. The Hall–Kier alpha value is -1.64. The zero-order valence-electron chi connectivity index (χ0n) is 9.50. The quantitative estimate of drug-likeness (QED) is 0.810. The van der Waals surface area contributed by atoms with E-state index >= 15 is 0 Å². The summed E-state index contributed by atoms with van der Waals surface area (Å²) in [5, 5.41) is 3.09. The Kier molecular flexibility index (Phi) is 2.77. The van der Waals surface area contributed by atoms with Crippen molar-refractivity contribution in [2.45, 2.75) is 19.3 Å². The molecule has 1 aliphatic heterocycles. The number of hydrogen-bond acceptors (Lipinski definition) is 2. The number of halogens is 1. The second-order valence-corrected chi connectivity index (χ2v) is 4.41. The molecule has 0 saturated heterocycles. The van der Waals surface area contributed by atoms with Crippen LogP contribution in [-0.4, -0.2) is 12.9 Å². The van der Waals surface area contributed by atoms with Crippen LogP contribution in [0.3, 0.4) is 0 Å². The van der Waals surface area contributed by atoms with Crippen molar-refractivity contribution in [2.24, 2.45) is 4.99 Å². The Morgan fingerprint density at radius 2 is 1.94 bits per heavy atom. The van der Waals surface area contributed by atoms with Crippen molar-refractivity contribution in [1.29, 1.82) is 0 Å². The van der Waals surface area contributed by atoms with Crippen LogP contribution in [0.2, 0.25) is 0 Å². The molecule has 16 heavy (non-hydrogen) atoms. The third-order valence-electron chi connectivity index (χ3n) is 2.96. The summed E-state index contributed by atoms with van der Waals surface area (Å²) in [6.45, 7) is 4.83. The monoisotopic (exact) mass is 218 g/mol. The number of nitrogens with one attached hydrogen (secondary N) is 1. The molecule has 0 amide bonds. The average molecular weight is 218 g/mol. The van der Waals surface area contributed by atoms with Crippen LogP contribution in [-0.2, 0) is 5.41 Å². The fourth-order valence-corrected chi connectivity index (χ4v) is 1.76. The maximum absolute atomic E-state index is 12.9. The third kappa shape index (κ3) is 1.98. The molecule has 0 atom stereocenters. The molecule has 0 unspecified atom stereocenters. The largest absolute Gasteiger partial charge is 0.372 e. The van der Waals surface area contributed by atoms with Crippen LogP contribution < -0.4 is 5.32 Å². The highest BCUT2D eigenvalue weighted by Gasteiger charge is 2.25. The minimum Gasteiger partial charge on any atom is -0.372 e. The summed E-state index contributed by atoms with van der Waals surface area (Å²) in [7, 11) is 0. The average Bonchev–Trinajstić information content (AvgIpc) is 2.31. The number of hydrogen-bond donors (Lipinski definition) is 1. The number of aliphatic imine (C=N–C) groups is 1. The van der Waals surface area contributed by atoms with Gasteiger partial charge in [0.15, 0.2) is 0 Å². The lowest BCUT2D eigenvalue weighted by Gasteiger charge is -2.28. The Balaban J connectivity index is 2.34. The second kappa shape index (κ2) is 4.08. The van der Waals surface area contributed by atoms with E-state index < -0.39 is 0 Å². The van der Waals surface area contributed by atoms with E-state index in [0.29, 0.717) is 6.67 Å². The Morgan fingerprint density at radius 1 is 1.25 bits per heavy atom. The van der Waals surface area contributed by atoms with Crippen LogP contribution in [0.4, 0.5) is 4.39 Å². The second-order valence-electron chi connectivity index (χ2n) is 4.41. The van der Waals surface area contributed by atoms with E-state index in [2.05, 4.69) is 24.2 Å². The molecule has 0 fully saturated rings. The van der Waals surface area contributed by atoms with Gasteiger partial charge < -0.3 is 5.32 Å². The minimum atomic E-state index is -0.205. The van der Waals surface area contributed by atoms with Crippen molar-refractivity contribution in [2.75, 3.05) is 6.67 Å². The summed E-state index contributed by atoms with van der Waals surface area (Å²) in [6.07, 6.45) is 3.84. The minimum absolute atomic E-state index is 0.162. The summed E-state index contributed by atoms with van der Waals surface area (Å²) in [4.78, 5) is 4.19. The van der Waals surface area contributed by atoms with Crippen LogP contribution in [0, 0.1) is 5.82 Å². The van der Waals surface area contributed by atoms with Gasteiger partial charge >= 0.3 is 0 Å². The molecule has 0 radical (unpaired) electrons. The Morgan fingerprint density at radius 3 is 2.50 bits per heavy atom. The molecule has 1 aromatic rings. The molecular formula is C13H15FN2. The molecule has 1 aromatic carbocycles. The van der Waals surface area contributed by atoms with Crippen molar-refractivity contribution >= 4 is 6.21 Å². The molecular weight excluding hydrogens is 203 g/mol. The molecule has 0 aliphatic carbocycles. The first-order chi connectivity index (χ1) is 7.60. The first-order valence-electron chi connectivity index (χ1n) is 5.30. The number of rotatable bonds is 2. The summed E-state index contributed by atoms with van der Waals surface area (Å²) in [5.74, 6) is -0.205. The fraction of sp³-hybridized carbons (Fsp3) is 0.308. The van der Waals surface area contributed by atoms with Crippen molar-refractivity contribution in [3.63, 3.8) is 0 Å². The number of nitrogens with zero attached hydrogens (tertiary/aromatic N) is 1.